The van der Waals surface area contributed by atoms with Crippen LogP contribution in [0.2, 0.25) is 0 Å². The zero-order valence-electron chi connectivity index (χ0n) is 16.1. The van der Waals surface area contributed by atoms with Gasteiger partial charge in [0, 0.05) is 50.5 Å². The Morgan fingerprint density at radius 3 is 2.70 bits per heavy atom. The molecule has 2 amide bonds. The zero-order valence-corrected chi connectivity index (χ0v) is 16.1. The highest BCUT2D eigenvalue weighted by molar-refractivity contribution is 5.87. The number of rotatable bonds is 4. The highest BCUT2D eigenvalue weighted by Gasteiger charge is 2.46. The topological polar surface area (TPSA) is 56.8 Å². The van der Waals surface area contributed by atoms with E-state index in [1.54, 1.807) is 6.20 Å². The number of nitrogens with zero attached hydrogens (tertiary/aromatic N) is 4. The van der Waals surface area contributed by atoms with E-state index in [1.807, 2.05) is 22.1 Å². The fourth-order valence-electron chi connectivity index (χ4n) is 4.99. The molecule has 1 aromatic rings. The molecule has 3 aliphatic heterocycles. The summed E-state index contributed by atoms with van der Waals surface area (Å²) in [4.78, 5) is 35.9. The second-order valence-electron chi connectivity index (χ2n) is 8.28. The van der Waals surface area contributed by atoms with Gasteiger partial charge in [-0.05, 0) is 56.7 Å². The predicted molar refractivity (Wildman–Crippen MR) is 103 cm³/mol. The van der Waals surface area contributed by atoms with Crippen LogP contribution in [0.3, 0.4) is 0 Å². The van der Waals surface area contributed by atoms with Crippen LogP contribution in [0.15, 0.2) is 24.5 Å². The van der Waals surface area contributed by atoms with Crippen molar-refractivity contribution in [1.29, 1.82) is 0 Å². The van der Waals surface area contributed by atoms with Gasteiger partial charge in [-0.25, -0.2) is 0 Å². The molecule has 0 saturated carbocycles. The molecule has 3 aliphatic rings. The summed E-state index contributed by atoms with van der Waals surface area (Å²) in [6, 6.07) is 4.10. The molecule has 0 aromatic carbocycles. The van der Waals surface area contributed by atoms with E-state index < -0.39 is 0 Å². The van der Waals surface area contributed by atoms with Crippen molar-refractivity contribution in [2.75, 3.05) is 32.7 Å². The summed E-state index contributed by atoms with van der Waals surface area (Å²) in [5, 5.41) is 0. The van der Waals surface area contributed by atoms with Crippen LogP contribution in [-0.2, 0) is 16.1 Å². The molecule has 0 N–H and O–H groups in total. The minimum atomic E-state index is -0.115. The number of likely N-dealkylation sites (tertiary alicyclic amines) is 3. The van der Waals surface area contributed by atoms with Crippen molar-refractivity contribution >= 4 is 11.8 Å². The van der Waals surface area contributed by atoms with Crippen molar-refractivity contribution in [3.05, 3.63) is 30.1 Å². The molecule has 27 heavy (non-hydrogen) atoms. The van der Waals surface area contributed by atoms with E-state index in [1.165, 1.54) is 5.56 Å². The van der Waals surface area contributed by atoms with Gasteiger partial charge in [-0.1, -0.05) is 6.07 Å². The van der Waals surface area contributed by atoms with Gasteiger partial charge < -0.3 is 9.80 Å². The Kier molecular flexibility index (Phi) is 5.43. The third-order valence-corrected chi connectivity index (χ3v) is 6.57. The molecule has 1 spiro atoms. The molecule has 4 heterocycles. The summed E-state index contributed by atoms with van der Waals surface area (Å²) < 4.78 is 0. The maximum Gasteiger partial charge on any atom is 0.242 e. The van der Waals surface area contributed by atoms with Crippen LogP contribution in [0.5, 0.6) is 0 Å². The maximum absolute atomic E-state index is 12.7. The molecule has 6 heteroatoms. The third-order valence-electron chi connectivity index (χ3n) is 6.57. The van der Waals surface area contributed by atoms with Crippen molar-refractivity contribution in [2.24, 2.45) is 0 Å². The molecule has 1 unspecified atom stereocenters. The number of hydrogen-bond donors (Lipinski definition) is 0. The monoisotopic (exact) mass is 370 g/mol. The molecule has 1 aromatic heterocycles. The van der Waals surface area contributed by atoms with Crippen LogP contribution in [-0.4, -0.2) is 69.8 Å². The van der Waals surface area contributed by atoms with Crippen LogP contribution >= 0.6 is 0 Å². The number of carbonyl (C=O) groups is 2. The maximum atomic E-state index is 12.7. The SMILES string of the molecule is O=C(CN1C(=O)CCC12CCCN(Cc1cccnc1)CC2)N1CCCC1. The number of aromatic nitrogens is 1. The average Bonchev–Trinajstić information content (AvgIpc) is 3.26. The number of amides is 2. The lowest BCUT2D eigenvalue weighted by atomic mass is 9.87. The van der Waals surface area contributed by atoms with E-state index in [-0.39, 0.29) is 23.9 Å². The molecule has 0 radical (unpaired) electrons. The Morgan fingerprint density at radius 1 is 1.07 bits per heavy atom. The second-order valence-corrected chi connectivity index (χ2v) is 8.28. The molecule has 0 bridgehead atoms. The third kappa shape index (κ3) is 4.00. The Hall–Kier alpha value is -1.95. The van der Waals surface area contributed by atoms with Crippen molar-refractivity contribution in [3.63, 3.8) is 0 Å². The van der Waals surface area contributed by atoms with Crippen molar-refractivity contribution in [3.8, 4) is 0 Å². The first-order chi connectivity index (χ1) is 13.2. The molecule has 3 saturated heterocycles. The van der Waals surface area contributed by atoms with Crippen molar-refractivity contribution < 1.29 is 9.59 Å². The van der Waals surface area contributed by atoms with Crippen LogP contribution in [0.25, 0.3) is 0 Å². The normalized spacial score (nSPS) is 26.7. The molecule has 1 atom stereocenters. The molecular weight excluding hydrogens is 340 g/mol. The Balaban J connectivity index is 1.41. The summed E-state index contributed by atoms with van der Waals surface area (Å²) in [6.07, 6.45) is 10.5. The van der Waals surface area contributed by atoms with Gasteiger partial charge >= 0.3 is 0 Å². The van der Waals surface area contributed by atoms with E-state index in [9.17, 15) is 9.59 Å². The van der Waals surface area contributed by atoms with Crippen molar-refractivity contribution in [2.45, 2.75) is 57.0 Å². The van der Waals surface area contributed by atoms with E-state index in [0.29, 0.717) is 6.42 Å². The molecular formula is C21H30N4O2. The van der Waals surface area contributed by atoms with E-state index in [4.69, 9.17) is 0 Å². The van der Waals surface area contributed by atoms with Gasteiger partial charge in [0.25, 0.3) is 0 Å². The fraction of sp³-hybridized carbons (Fsp3) is 0.667. The molecule has 3 fully saturated rings. The number of hydrogen-bond acceptors (Lipinski definition) is 4. The van der Waals surface area contributed by atoms with E-state index >= 15 is 0 Å². The molecule has 146 valence electrons. The van der Waals surface area contributed by atoms with Crippen LogP contribution in [0.1, 0.15) is 50.5 Å². The number of carbonyl (C=O) groups excluding carboxylic acids is 2. The Morgan fingerprint density at radius 2 is 1.93 bits per heavy atom. The fourth-order valence-corrected chi connectivity index (χ4v) is 4.99. The van der Waals surface area contributed by atoms with Gasteiger partial charge in [-0.2, -0.15) is 0 Å². The van der Waals surface area contributed by atoms with Crippen molar-refractivity contribution in [1.82, 2.24) is 19.7 Å². The predicted octanol–water partition coefficient (Wildman–Crippen LogP) is 2.05. The Labute approximate surface area is 161 Å². The summed E-state index contributed by atoms with van der Waals surface area (Å²) in [6.45, 7) is 4.90. The van der Waals surface area contributed by atoms with Gasteiger partial charge in [0.05, 0.1) is 0 Å². The highest BCUT2D eigenvalue weighted by Crippen LogP contribution is 2.39. The molecule has 4 rings (SSSR count). The van der Waals surface area contributed by atoms with E-state index in [0.717, 1.165) is 71.2 Å². The zero-order chi connectivity index (χ0) is 18.7. The van der Waals surface area contributed by atoms with Gasteiger partial charge in [0.1, 0.15) is 6.54 Å². The average molecular weight is 370 g/mol. The second kappa shape index (κ2) is 7.97. The first-order valence-corrected chi connectivity index (χ1v) is 10.4. The van der Waals surface area contributed by atoms with E-state index in [2.05, 4.69) is 16.0 Å². The number of pyridine rings is 1. The lowest BCUT2D eigenvalue weighted by Crippen LogP contribution is -2.51. The first-order valence-electron chi connectivity index (χ1n) is 10.4. The summed E-state index contributed by atoms with van der Waals surface area (Å²) in [5.41, 5.74) is 1.12. The van der Waals surface area contributed by atoms with Gasteiger partial charge in [-0.15, -0.1) is 0 Å². The largest absolute Gasteiger partial charge is 0.341 e. The highest BCUT2D eigenvalue weighted by atomic mass is 16.2. The lowest BCUT2D eigenvalue weighted by Gasteiger charge is -2.38. The van der Waals surface area contributed by atoms with Crippen LogP contribution in [0, 0.1) is 0 Å². The van der Waals surface area contributed by atoms with Crippen LogP contribution < -0.4 is 0 Å². The smallest absolute Gasteiger partial charge is 0.242 e. The minimum absolute atomic E-state index is 0.115. The van der Waals surface area contributed by atoms with Crippen LogP contribution in [0.4, 0.5) is 0 Å². The Bertz CT molecular complexity index is 674. The van der Waals surface area contributed by atoms with Gasteiger partial charge in [0.2, 0.25) is 11.8 Å². The minimum Gasteiger partial charge on any atom is -0.341 e. The quantitative estimate of drug-likeness (QED) is 0.814. The standard InChI is InChI=1S/C21H30N4O2/c26-19-6-8-21(25(19)17-20(27)24-12-1-2-13-24)7-4-11-23(14-9-21)16-18-5-3-10-22-15-18/h3,5,10,15H,1-2,4,6-9,11-14,16-17H2. The summed E-state index contributed by atoms with van der Waals surface area (Å²) in [5.74, 6) is 0.307. The van der Waals surface area contributed by atoms with Gasteiger partial charge in [0.15, 0.2) is 0 Å². The van der Waals surface area contributed by atoms with Gasteiger partial charge in [-0.3, -0.25) is 19.5 Å². The molecule has 6 nitrogen and oxygen atoms in total. The summed E-state index contributed by atoms with van der Waals surface area (Å²) in [7, 11) is 0. The molecule has 0 aliphatic carbocycles. The summed E-state index contributed by atoms with van der Waals surface area (Å²) >= 11 is 0. The lowest BCUT2D eigenvalue weighted by molar-refractivity contribution is -0.141. The first kappa shape index (κ1) is 18.4.